The summed E-state index contributed by atoms with van der Waals surface area (Å²) in [6.45, 7) is 0.350. The molecule has 0 fully saturated rings. The number of aromatic nitrogens is 1. The van der Waals surface area contributed by atoms with E-state index in [9.17, 15) is 9.59 Å². The third-order valence-corrected chi connectivity index (χ3v) is 3.66. The van der Waals surface area contributed by atoms with Gasteiger partial charge in [0, 0.05) is 17.3 Å². The summed E-state index contributed by atoms with van der Waals surface area (Å²) in [6.07, 6.45) is 1.68. The molecule has 3 aromatic rings. The van der Waals surface area contributed by atoms with Gasteiger partial charge in [-0.25, -0.2) is 0 Å². The molecule has 0 bridgehead atoms. The van der Waals surface area contributed by atoms with Crippen molar-refractivity contribution in [1.82, 2.24) is 15.7 Å². The number of pyridine rings is 1. The largest absolute Gasteiger partial charge is 0.346 e. The van der Waals surface area contributed by atoms with Crippen molar-refractivity contribution in [3.05, 3.63) is 95.8 Å². The van der Waals surface area contributed by atoms with E-state index in [4.69, 9.17) is 0 Å². The number of carbonyl (C=O) groups is 2. The highest BCUT2D eigenvalue weighted by Gasteiger charge is 2.09. The Bertz CT molecular complexity index is 791. The van der Waals surface area contributed by atoms with Crippen molar-refractivity contribution in [3.63, 3.8) is 0 Å². The van der Waals surface area contributed by atoms with Gasteiger partial charge in [-0.3, -0.25) is 25.4 Å². The van der Waals surface area contributed by atoms with Crippen LogP contribution in [0.4, 0.5) is 5.69 Å². The summed E-state index contributed by atoms with van der Waals surface area (Å²) in [4.78, 5) is 28.4. The number of carbonyl (C=O) groups excluding carboxylic acids is 2. The Hall–Kier alpha value is -3.67. The van der Waals surface area contributed by atoms with E-state index in [1.165, 1.54) is 0 Å². The normalized spacial score (nSPS) is 10.0. The number of benzene rings is 2. The number of rotatable bonds is 6. The predicted molar refractivity (Wildman–Crippen MR) is 99.4 cm³/mol. The number of nitrogens with one attached hydrogen (secondary N) is 3. The zero-order valence-electron chi connectivity index (χ0n) is 14.0. The number of hydrazine groups is 1. The molecule has 0 spiro atoms. The summed E-state index contributed by atoms with van der Waals surface area (Å²) in [5, 5.41) is 2.80. The van der Waals surface area contributed by atoms with Crippen LogP contribution in [0.15, 0.2) is 79.0 Å². The van der Waals surface area contributed by atoms with Crippen LogP contribution >= 0.6 is 0 Å². The van der Waals surface area contributed by atoms with Crippen LogP contribution < -0.4 is 16.2 Å². The molecule has 1 aromatic heterocycles. The second-order valence-corrected chi connectivity index (χ2v) is 5.53. The van der Waals surface area contributed by atoms with E-state index in [-0.39, 0.29) is 11.8 Å². The van der Waals surface area contributed by atoms with Gasteiger partial charge in [0.05, 0.1) is 17.9 Å². The molecule has 2 aromatic carbocycles. The minimum absolute atomic E-state index is 0.218. The first kappa shape index (κ1) is 17.2. The lowest BCUT2D eigenvalue weighted by Crippen LogP contribution is -2.29. The topological polar surface area (TPSA) is 83.1 Å². The molecule has 0 atom stereocenters. The minimum atomic E-state index is -0.283. The van der Waals surface area contributed by atoms with Crippen LogP contribution in [0.2, 0.25) is 0 Å². The van der Waals surface area contributed by atoms with Crippen LogP contribution in [-0.2, 0) is 6.54 Å². The van der Waals surface area contributed by atoms with Crippen molar-refractivity contribution in [1.29, 1.82) is 0 Å². The van der Waals surface area contributed by atoms with Crippen LogP contribution in [-0.4, -0.2) is 16.8 Å². The fourth-order valence-electron chi connectivity index (χ4n) is 2.27. The predicted octanol–water partition coefficient (Wildman–Crippen LogP) is 2.77. The highest BCUT2D eigenvalue weighted by Crippen LogP contribution is 2.07. The van der Waals surface area contributed by atoms with E-state index in [1.54, 1.807) is 30.5 Å². The number of hydrogen-bond acceptors (Lipinski definition) is 4. The van der Waals surface area contributed by atoms with E-state index in [1.807, 2.05) is 48.5 Å². The van der Waals surface area contributed by atoms with Crippen LogP contribution in [0.1, 0.15) is 26.4 Å². The molecule has 0 radical (unpaired) electrons. The summed E-state index contributed by atoms with van der Waals surface area (Å²) in [6, 6.07) is 21.3. The highest BCUT2D eigenvalue weighted by atomic mass is 16.2. The zero-order valence-corrected chi connectivity index (χ0v) is 14.0. The molecule has 0 saturated carbocycles. The van der Waals surface area contributed by atoms with Crippen molar-refractivity contribution < 1.29 is 9.59 Å². The molecule has 0 saturated heterocycles. The van der Waals surface area contributed by atoms with Gasteiger partial charge in [0.25, 0.3) is 11.8 Å². The Morgan fingerprint density at radius 2 is 1.42 bits per heavy atom. The van der Waals surface area contributed by atoms with Gasteiger partial charge in [-0.1, -0.05) is 24.3 Å². The van der Waals surface area contributed by atoms with E-state index >= 15 is 0 Å². The van der Waals surface area contributed by atoms with Crippen LogP contribution in [0.3, 0.4) is 0 Å². The summed E-state index contributed by atoms with van der Waals surface area (Å²) < 4.78 is 0. The van der Waals surface area contributed by atoms with Gasteiger partial charge in [-0.05, 0) is 48.5 Å². The fourth-order valence-corrected chi connectivity index (χ4v) is 2.27. The average molecular weight is 346 g/mol. The Morgan fingerprint density at radius 3 is 2.08 bits per heavy atom. The van der Waals surface area contributed by atoms with Gasteiger partial charge in [0.2, 0.25) is 0 Å². The van der Waals surface area contributed by atoms with Gasteiger partial charge in [-0.2, -0.15) is 0 Å². The van der Waals surface area contributed by atoms with Gasteiger partial charge in [-0.15, -0.1) is 0 Å². The maximum Gasteiger partial charge on any atom is 0.269 e. The SMILES string of the molecule is O=C(NCc1ccccn1)c1ccc(C(=O)NNc2ccccc2)cc1. The fraction of sp³-hybridized carbons (Fsp3) is 0.0500. The monoisotopic (exact) mass is 346 g/mol. The lowest BCUT2D eigenvalue weighted by molar-refractivity contribution is 0.0943. The van der Waals surface area contributed by atoms with E-state index < -0.39 is 0 Å². The summed E-state index contributed by atoms with van der Waals surface area (Å²) >= 11 is 0. The minimum Gasteiger partial charge on any atom is -0.346 e. The number of hydrogen-bond donors (Lipinski definition) is 3. The lowest BCUT2D eigenvalue weighted by atomic mass is 10.1. The molecule has 26 heavy (non-hydrogen) atoms. The molecule has 3 rings (SSSR count). The molecule has 0 aliphatic carbocycles. The smallest absolute Gasteiger partial charge is 0.269 e. The second-order valence-electron chi connectivity index (χ2n) is 5.53. The molecule has 1 heterocycles. The first-order chi connectivity index (χ1) is 12.7. The van der Waals surface area contributed by atoms with Crippen molar-refractivity contribution in [2.45, 2.75) is 6.54 Å². The molecular formula is C20H18N4O2. The van der Waals surface area contributed by atoms with E-state index in [0.717, 1.165) is 11.4 Å². The van der Waals surface area contributed by atoms with Crippen molar-refractivity contribution in [2.24, 2.45) is 0 Å². The molecular weight excluding hydrogens is 328 g/mol. The Morgan fingerprint density at radius 1 is 0.769 bits per heavy atom. The number of para-hydroxylation sites is 1. The Kier molecular flexibility index (Phi) is 5.57. The van der Waals surface area contributed by atoms with Gasteiger partial charge in [0.15, 0.2) is 0 Å². The standard InChI is InChI=1S/C20H18N4O2/c25-19(22-14-18-8-4-5-13-21-18)15-9-11-16(12-10-15)20(26)24-23-17-6-2-1-3-7-17/h1-13,23H,14H2,(H,22,25)(H,24,26). The molecule has 0 unspecified atom stereocenters. The molecule has 6 nitrogen and oxygen atoms in total. The molecule has 2 amide bonds. The van der Waals surface area contributed by atoms with E-state index in [0.29, 0.717) is 17.7 Å². The number of amides is 2. The van der Waals surface area contributed by atoms with Crippen molar-refractivity contribution in [3.8, 4) is 0 Å². The average Bonchev–Trinajstić information content (AvgIpc) is 2.72. The van der Waals surface area contributed by atoms with E-state index in [2.05, 4.69) is 21.2 Å². The zero-order chi connectivity index (χ0) is 18.2. The number of nitrogens with zero attached hydrogens (tertiary/aromatic N) is 1. The third kappa shape index (κ3) is 4.67. The highest BCUT2D eigenvalue weighted by molar-refractivity contribution is 5.98. The van der Waals surface area contributed by atoms with Crippen molar-refractivity contribution >= 4 is 17.5 Å². The maximum atomic E-state index is 12.2. The molecule has 6 heteroatoms. The maximum absolute atomic E-state index is 12.2. The molecule has 3 N–H and O–H groups in total. The van der Waals surface area contributed by atoms with Crippen LogP contribution in [0.5, 0.6) is 0 Å². The molecule has 0 aliphatic rings. The third-order valence-electron chi connectivity index (χ3n) is 3.66. The van der Waals surface area contributed by atoms with Crippen molar-refractivity contribution in [2.75, 3.05) is 5.43 Å². The number of anilines is 1. The molecule has 130 valence electrons. The van der Waals surface area contributed by atoms with Crippen LogP contribution in [0.25, 0.3) is 0 Å². The van der Waals surface area contributed by atoms with Gasteiger partial charge in [0.1, 0.15) is 0 Å². The summed E-state index contributed by atoms with van der Waals surface area (Å²) in [5.41, 5.74) is 7.94. The van der Waals surface area contributed by atoms with Crippen LogP contribution in [0, 0.1) is 0 Å². The van der Waals surface area contributed by atoms with Gasteiger partial charge < -0.3 is 5.32 Å². The Balaban J connectivity index is 1.53. The first-order valence-corrected chi connectivity index (χ1v) is 8.12. The first-order valence-electron chi connectivity index (χ1n) is 8.12. The second kappa shape index (κ2) is 8.43. The summed E-state index contributed by atoms with van der Waals surface area (Å²) in [5.74, 6) is -0.501. The quantitative estimate of drug-likeness (QED) is 0.599. The Labute approximate surface area is 151 Å². The molecule has 0 aliphatic heterocycles. The lowest BCUT2D eigenvalue weighted by Gasteiger charge is -2.09. The summed E-state index contributed by atoms with van der Waals surface area (Å²) in [7, 11) is 0. The van der Waals surface area contributed by atoms with Gasteiger partial charge >= 0.3 is 0 Å².